The quantitative estimate of drug-likeness (QED) is 0.741. The molecule has 0 bridgehead atoms. The van der Waals surface area contributed by atoms with Crippen LogP contribution in [0.15, 0.2) is 29.6 Å². The van der Waals surface area contributed by atoms with E-state index in [2.05, 4.69) is 10.2 Å². The first-order valence-electron chi connectivity index (χ1n) is 7.42. The fourth-order valence-electron chi connectivity index (χ4n) is 2.79. The second-order valence-electron chi connectivity index (χ2n) is 5.44. The Kier molecular flexibility index (Phi) is 4.58. The van der Waals surface area contributed by atoms with Crippen molar-refractivity contribution in [1.29, 1.82) is 0 Å². The van der Waals surface area contributed by atoms with Crippen molar-refractivity contribution in [3.8, 4) is 0 Å². The van der Waals surface area contributed by atoms with Crippen LogP contribution >= 0.6 is 11.8 Å². The number of amides is 1. The molecule has 7 nitrogen and oxygen atoms in total. The van der Waals surface area contributed by atoms with Crippen LogP contribution in [0.5, 0.6) is 0 Å². The first-order chi connectivity index (χ1) is 11.0. The summed E-state index contributed by atoms with van der Waals surface area (Å²) in [7, 11) is -3.00. The zero-order chi connectivity index (χ0) is 16.4. The highest BCUT2D eigenvalue weighted by Crippen LogP contribution is 2.21. The van der Waals surface area contributed by atoms with Crippen molar-refractivity contribution in [1.82, 2.24) is 19.5 Å². The Morgan fingerprint density at radius 1 is 1.43 bits per heavy atom. The van der Waals surface area contributed by atoms with E-state index in [1.165, 1.54) is 11.8 Å². The molecule has 1 aliphatic rings. The Hall–Kier alpha value is -1.61. The minimum Gasteiger partial charge on any atom is -0.338 e. The highest BCUT2D eigenvalue weighted by Gasteiger charge is 2.33. The topological polar surface area (TPSA) is 84.6 Å². The lowest BCUT2D eigenvalue weighted by Gasteiger charge is -2.26. The van der Waals surface area contributed by atoms with E-state index in [1.54, 1.807) is 4.90 Å². The Morgan fingerprint density at radius 3 is 2.96 bits per heavy atom. The van der Waals surface area contributed by atoms with E-state index in [9.17, 15) is 13.2 Å². The summed E-state index contributed by atoms with van der Waals surface area (Å²) in [6.45, 7) is 2.39. The fourth-order valence-corrected chi connectivity index (χ4v) is 5.33. The van der Waals surface area contributed by atoms with Gasteiger partial charge in [-0.2, -0.15) is 0 Å². The summed E-state index contributed by atoms with van der Waals surface area (Å²) in [6.07, 6.45) is 2.38. The van der Waals surface area contributed by atoms with Crippen LogP contribution in [0.1, 0.15) is 13.3 Å². The second kappa shape index (κ2) is 6.48. The van der Waals surface area contributed by atoms with Gasteiger partial charge in [-0.25, -0.2) is 8.42 Å². The monoisotopic (exact) mass is 354 g/mol. The van der Waals surface area contributed by atoms with Gasteiger partial charge >= 0.3 is 0 Å². The van der Waals surface area contributed by atoms with Gasteiger partial charge < -0.3 is 4.90 Å². The molecule has 1 atom stereocenters. The van der Waals surface area contributed by atoms with E-state index >= 15 is 0 Å². The van der Waals surface area contributed by atoms with Crippen molar-refractivity contribution in [3.05, 3.63) is 24.4 Å². The van der Waals surface area contributed by atoms with Crippen LogP contribution in [0.4, 0.5) is 0 Å². The molecule has 0 unspecified atom stereocenters. The van der Waals surface area contributed by atoms with Gasteiger partial charge in [0.25, 0.3) is 0 Å². The molecule has 1 aliphatic heterocycles. The molecule has 0 N–H and O–H groups in total. The van der Waals surface area contributed by atoms with Gasteiger partial charge in [-0.05, 0) is 25.5 Å². The van der Waals surface area contributed by atoms with Crippen molar-refractivity contribution in [3.63, 3.8) is 0 Å². The molecular weight excluding hydrogens is 336 g/mol. The van der Waals surface area contributed by atoms with Crippen LogP contribution in [-0.4, -0.2) is 63.7 Å². The Balaban J connectivity index is 1.66. The number of aromatic nitrogens is 3. The molecule has 0 spiro atoms. The molecule has 3 rings (SSSR count). The predicted octanol–water partition coefficient (Wildman–Crippen LogP) is 0.857. The summed E-state index contributed by atoms with van der Waals surface area (Å²) in [5, 5.41) is 8.78. The van der Waals surface area contributed by atoms with Gasteiger partial charge in [-0.3, -0.25) is 9.20 Å². The number of fused-ring (bicyclic) bond motifs is 1. The van der Waals surface area contributed by atoms with E-state index in [4.69, 9.17) is 0 Å². The number of carbonyl (C=O) groups excluding carboxylic acids is 1. The van der Waals surface area contributed by atoms with Gasteiger partial charge in [0.05, 0.1) is 17.3 Å². The third-order valence-corrected chi connectivity index (χ3v) is 6.60. The van der Waals surface area contributed by atoms with Crippen LogP contribution in [0.2, 0.25) is 0 Å². The number of carbonyl (C=O) groups is 1. The van der Waals surface area contributed by atoms with Crippen LogP contribution in [-0.2, 0) is 14.6 Å². The molecule has 23 heavy (non-hydrogen) atoms. The predicted molar refractivity (Wildman–Crippen MR) is 88.2 cm³/mol. The molecule has 0 saturated carbocycles. The average Bonchev–Trinajstić information content (AvgIpc) is 3.09. The number of sulfone groups is 1. The van der Waals surface area contributed by atoms with Crippen molar-refractivity contribution < 1.29 is 13.2 Å². The first kappa shape index (κ1) is 16.3. The van der Waals surface area contributed by atoms with Crippen molar-refractivity contribution in [2.45, 2.75) is 24.5 Å². The lowest BCUT2D eigenvalue weighted by molar-refractivity contribution is -0.129. The van der Waals surface area contributed by atoms with Crippen LogP contribution in [0.3, 0.4) is 0 Å². The summed E-state index contributed by atoms with van der Waals surface area (Å²) < 4.78 is 25.0. The molecule has 124 valence electrons. The number of hydrogen-bond donors (Lipinski definition) is 0. The summed E-state index contributed by atoms with van der Waals surface area (Å²) in [5.41, 5.74) is 0.733. The van der Waals surface area contributed by atoms with E-state index < -0.39 is 9.84 Å². The second-order valence-corrected chi connectivity index (χ2v) is 8.61. The molecule has 0 aromatic carbocycles. The number of hydrogen-bond acceptors (Lipinski definition) is 6. The lowest BCUT2D eigenvalue weighted by atomic mass is 10.2. The highest BCUT2D eigenvalue weighted by atomic mass is 32.2. The minimum absolute atomic E-state index is 0.0627. The van der Waals surface area contributed by atoms with E-state index in [0.29, 0.717) is 18.1 Å². The van der Waals surface area contributed by atoms with E-state index in [-0.39, 0.29) is 29.2 Å². The normalized spacial score (nSPS) is 20.0. The van der Waals surface area contributed by atoms with Crippen LogP contribution in [0, 0.1) is 0 Å². The zero-order valence-electron chi connectivity index (χ0n) is 12.8. The Labute approximate surface area is 139 Å². The van der Waals surface area contributed by atoms with Crippen molar-refractivity contribution >= 4 is 33.2 Å². The lowest BCUT2D eigenvalue weighted by Crippen LogP contribution is -2.41. The van der Waals surface area contributed by atoms with Gasteiger partial charge in [0, 0.05) is 18.8 Å². The van der Waals surface area contributed by atoms with Crippen LogP contribution in [0.25, 0.3) is 5.65 Å². The van der Waals surface area contributed by atoms with Gasteiger partial charge in [0.1, 0.15) is 0 Å². The molecular formula is C14H18N4O3S2. The van der Waals surface area contributed by atoms with Crippen LogP contribution < -0.4 is 0 Å². The smallest absolute Gasteiger partial charge is 0.233 e. The first-order valence-corrected chi connectivity index (χ1v) is 10.2. The molecule has 1 saturated heterocycles. The third kappa shape index (κ3) is 3.50. The molecule has 2 aromatic heterocycles. The molecule has 1 amide bonds. The maximum absolute atomic E-state index is 12.5. The molecule has 9 heteroatoms. The Bertz CT molecular complexity index is 818. The van der Waals surface area contributed by atoms with Gasteiger partial charge in [-0.1, -0.05) is 17.8 Å². The van der Waals surface area contributed by atoms with Gasteiger partial charge in [0.15, 0.2) is 20.6 Å². The molecule has 0 aliphatic carbocycles. The van der Waals surface area contributed by atoms with Crippen molar-refractivity contribution in [2.24, 2.45) is 0 Å². The number of pyridine rings is 1. The standard InChI is InChI=1S/C14H18N4O3S2/c1-2-17(11-6-8-23(20,21)10-11)13(19)9-22-14-16-15-12-5-3-4-7-18(12)14/h3-5,7,11H,2,6,8-10H2,1H3/t11-/m1/s1. The summed E-state index contributed by atoms with van der Waals surface area (Å²) in [5.74, 6) is 0.404. The fraction of sp³-hybridized carbons (Fsp3) is 0.500. The average molecular weight is 354 g/mol. The maximum atomic E-state index is 12.5. The largest absolute Gasteiger partial charge is 0.338 e. The number of nitrogens with zero attached hydrogens (tertiary/aromatic N) is 4. The summed E-state index contributed by atoms with van der Waals surface area (Å²) >= 11 is 1.32. The SMILES string of the molecule is CCN(C(=O)CSc1nnc2ccccn12)[C@@H]1CCS(=O)(=O)C1. The Morgan fingerprint density at radius 2 is 2.26 bits per heavy atom. The highest BCUT2D eigenvalue weighted by molar-refractivity contribution is 7.99. The molecule has 3 heterocycles. The van der Waals surface area contributed by atoms with Gasteiger partial charge in [-0.15, -0.1) is 10.2 Å². The molecule has 2 aromatic rings. The zero-order valence-corrected chi connectivity index (χ0v) is 14.4. The summed E-state index contributed by atoms with van der Waals surface area (Å²) in [6, 6.07) is 5.40. The van der Waals surface area contributed by atoms with Gasteiger partial charge in [0.2, 0.25) is 5.91 Å². The third-order valence-electron chi connectivity index (χ3n) is 3.92. The minimum atomic E-state index is -3.00. The van der Waals surface area contributed by atoms with E-state index in [1.807, 2.05) is 35.7 Å². The number of thioether (sulfide) groups is 1. The summed E-state index contributed by atoms with van der Waals surface area (Å²) in [4.78, 5) is 14.1. The maximum Gasteiger partial charge on any atom is 0.233 e. The van der Waals surface area contributed by atoms with Crippen molar-refractivity contribution in [2.75, 3.05) is 23.8 Å². The number of rotatable bonds is 5. The van der Waals surface area contributed by atoms with E-state index in [0.717, 1.165) is 5.65 Å². The molecule has 1 fully saturated rings. The molecule has 0 radical (unpaired) electrons.